The van der Waals surface area contributed by atoms with Crippen molar-refractivity contribution in [3.63, 3.8) is 0 Å². The number of rotatable bonds is 6. The number of hydrogen-bond donors (Lipinski definition) is 0. The number of nitrogens with zero attached hydrogens (tertiary/aromatic N) is 2. The highest BCUT2D eigenvalue weighted by Crippen LogP contribution is 2.39. The highest BCUT2D eigenvalue weighted by Gasteiger charge is 2.35. The maximum Gasteiger partial charge on any atom is 0.271 e. The van der Waals surface area contributed by atoms with Crippen molar-refractivity contribution in [1.82, 2.24) is 0 Å². The van der Waals surface area contributed by atoms with Crippen molar-refractivity contribution in [3.05, 3.63) is 88.3 Å². The molecule has 168 valence electrons. The van der Waals surface area contributed by atoms with E-state index >= 15 is 0 Å². The molecule has 0 atom stereocenters. The van der Waals surface area contributed by atoms with E-state index in [1.54, 1.807) is 12.0 Å². The molecule has 0 aliphatic carbocycles. The third-order valence-corrected chi connectivity index (χ3v) is 6.25. The first kappa shape index (κ1) is 22.7. The smallest absolute Gasteiger partial charge is 0.271 e. The molecule has 0 N–H and O–H groups in total. The van der Waals surface area contributed by atoms with Crippen LogP contribution in [-0.4, -0.2) is 24.8 Å². The van der Waals surface area contributed by atoms with Gasteiger partial charge in [0.05, 0.1) is 30.0 Å². The van der Waals surface area contributed by atoms with Gasteiger partial charge in [-0.25, -0.2) is 4.99 Å². The molecular formula is C27H26N2O3S. The van der Waals surface area contributed by atoms with E-state index in [0.29, 0.717) is 28.2 Å². The van der Waals surface area contributed by atoms with Crippen LogP contribution in [0.25, 0.3) is 6.08 Å². The number of methoxy groups -OCH3 is 1. The minimum Gasteiger partial charge on any atom is -0.493 e. The van der Waals surface area contributed by atoms with Crippen LogP contribution in [0.2, 0.25) is 0 Å². The van der Waals surface area contributed by atoms with Crippen LogP contribution in [0.15, 0.2) is 76.6 Å². The first-order valence-corrected chi connectivity index (χ1v) is 11.6. The van der Waals surface area contributed by atoms with Crippen molar-refractivity contribution in [3.8, 4) is 11.5 Å². The Labute approximate surface area is 198 Å². The molecule has 5 nitrogen and oxygen atoms in total. The summed E-state index contributed by atoms with van der Waals surface area (Å²) in [4.78, 5) is 20.7. The molecule has 0 radical (unpaired) electrons. The molecule has 1 fully saturated rings. The molecule has 1 aliphatic rings. The fourth-order valence-electron chi connectivity index (χ4n) is 3.57. The first-order valence-electron chi connectivity index (χ1n) is 10.8. The summed E-state index contributed by atoms with van der Waals surface area (Å²) in [5.41, 5.74) is 4.59. The Kier molecular flexibility index (Phi) is 6.84. The minimum atomic E-state index is -0.102. The van der Waals surface area contributed by atoms with Crippen LogP contribution in [0.3, 0.4) is 0 Å². The number of amides is 1. The largest absolute Gasteiger partial charge is 0.493 e. The Bertz CT molecular complexity index is 1250. The van der Waals surface area contributed by atoms with Gasteiger partial charge >= 0.3 is 0 Å². The number of benzene rings is 3. The summed E-state index contributed by atoms with van der Waals surface area (Å²) in [5.74, 6) is 1.21. The van der Waals surface area contributed by atoms with Gasteiger partial charge in [-0.2, -0.15) is 0 Å². The van der Waals surface area contributed by atoms with Crippen molar-refractivity contribution in [2.24, 2.45) is 4.99 Å². The Balaban J connectivity index is 1.78. The maximum atomic E-state index is 13.6. The van der Waals surface area contributed by atoms with E-state index in [4.69, 9.17) is 14.5 Å². The van der Waals surface area contributed by atoms with Gasteiger partial charge in [-0.1, -0.05) is 42.5 Å². The quantitative estimate of drug-likeness (QED) is 0.395. The zero-order valence-electron chi connectivity index (χ0n) is 19.2. The molecule has 1 aliphatic heterocycles. The third-order valence-electron chi connectivity index (χ3n) is 5.28. The zero-order valence-corrected chi connectivity index (χ0v) is 20.0. The van der Waals surface area contributed by atoms with E-state index < -0.39 is 0 Å². The van der Waals surface area contributed by atoms with Crippen LogP contribution in [0.4, 0.5) is 11.4 Å². The average Bonchev–Trinajstić information content (AvgIpc) is 3.11. The van der Waals surface area contributed by atoms with Gasteiger partial charge in [-0.15, -0.1) is 0 Å². The van der Waals surface area contributed by atoms with E-state index in [-0.39, 0.29) is 5.91 Å². The molecule has 3 aromatic carbocycles. The SMILES string of the molecule is CCOc1ccc(/C=C2\SC(=Nc3ccccc3C)N(c3ccccc3C)C2=O)cc1OC. The number of carbonyl (C=O) groups excluding carboxylic acids is 1. The number of hydrogen-bond acceptors (Lipinski definition) is 5. The predicted octanol–water partition coefficient (Wildman–Crippen LogP) is 6.52. The van der Waals surface area contributed by atoms with Crippen molar-refractivity contribution in [1.29, 1.82) is 0 Å². The molecule has 0 aromatic heterocycles. The van der Waals surface area contributed by atoms with Gasteiger partial charge in [0, 0.05) is 0 Å². The molecule has 1 heterocycles. The van der Waals surface area contributed by atoms with Gasteiger partial charge in [-0.3, -0.25) is 9.69 Å². The molecule has 0 saturated carbocycles. The van der Waals surface area contributed by atoms with Crippen LogP contribution in [0.1, 0.15) is 23.6 Å². The summed E-state index contributed by atoms with van der Waals surface area (Å²) in [6.07, 6.45) is 1.87. The number of anilines is 1. The van der Waals surface area contributed by atoms with Crippen LogP contribution >= 0.6 is 11.8 Å². The first-order chi connectivity index (χ1) is 16.0. The number of amidine groups is 1. The number of para-hydroxylation sites is 2. The monoisotopic (exact) mass is 458 g/mol. The molecular weight excluding hydrogens is 432 g/mol. The highest BCUT2D eigenvalue weighted by atomic mass is 32.2. The van der Waals surface area contributed by atoms with E-state index in [9.17, 15) is 4.79 Å². The molecule has 3 aromatic rings. The lowest BCUT2D eigenvalue weighted by molar-refractivity contribution is -0.113. The van der Waals surface area contributed by atoms with Crippen LogP contribution in [-0.2, 0) is 4.79 Å². The van der Waals surface area contributed by atoms with E-state index in [1.807, 2.05) is 93.6 Å². The standard InChI is InChI=1S/C27H26N2O3S/c1-5-32-23-15-14-20(16-24(23)31-4)17-25-26(30)29(22-13-9-7-11-19(22)3)27(33-25)28-21-12-8-6-10-18(21)2/h6-17H,5H2,1-4H3/b25-17-,28-27?. The number of ether oxygens (including phenoxy) is 2. The second-order valence-corrected chi connectivity index (χ2v) is 8.57. The van der Waals surface area contributed by atoms with Crippen LogP contribution in [0.5, 0.6) is 11.5 Å². The van der Waals surface area contributed by atoms with Crippen molar-refractivity contribution >= 4 is 40.3 Å². The van der Waals surface area contributed by atoms with Crippen molar-refractivity contribution < 1.29 is 14.3 Å². The number of aryl methyl sites for hydroxylation is 2. The molecule has 1 amide bonds. The highest BCUT2D eigenvalue weighted by molar-refractivity contribution is 8.19. The van der Waals surface area contributed by atoms with E-state index in [1.165, 1.54) is 11.8 Å². The molecule has 4 rings (SSSR count). The maximum absolute atomic E-state index is 13.6. The summed E-state index contributed by atoms with van der Waals surface area (Å²) in [6, 6.07) is 21.4. The second kappa shape index (κ2) is 9.96. The van der Waals surface area contributed by atoms with E-state index in [0.717, 1.165) is 28.1 Å². The number of carbonyl (C=O) groups is 1. The Morgan fingerprint density at radius 2 is 1.70 bits per heavy atom. The molecule has 6 heteroatoms. The van der Waals surface area contributed by atoms with Crippen molar-refractivity contribution in [2.75, 3.05) is 18.6 Å². The Morgan fingerprint density at radius 3 is 2.39 bits per heavy atom. The zero-order chi connectivity index (χ0) is 23.4. The lowest BCUT2D eigenvalue weighted by atomic mass is 10.1. The van der Waals surface area contributed by atoms with Crippen LogP contribution < -0.4 is 14.4 Å². The van der Waals surface area contributed by atoms with Gasteiger partial charge in [0.25, 0.3) is 5.91 Å². The lowest BCUT2D eigenvalue weighted by Gasteiger charge is -2.18. The summed E-state index contributed by atoms with van der Waals surface area (Å²) < 4.78 is 11.1. The average molecular weight is 459 g/mol. The van der Waals surface area contributed by atoms with Gasteiger partial charge in [0.2, 0.25) is 0 Å². The number of aliphatic imine (C=N–C) groups is 1. The molecule has 1 saturated heterocycles. The fourth-order valence-corrected chi connectivity index (χ4v) is 4.55. The van der Waals surface area contributed by atoms with E-state index in [2.05, 4.69) is 0 Å². The lowest BCUT2D eigenvalue weighted by Crippen LogP contribution is -2.29. The van der Waals surface area contributed by atoms with Crippen LogP contribution in [0, 0.1) is 13.8 Å². The Hall–Kier alpha value is -3.51. The van der Waals surface area contributed by atoms with Gasteiger partial charge in [0.15, 0.2) is 16.7 Å². The second-order valence-electron chi connectivity index (χ2n) is 7.56. The molecule has 0 bridgehead atoms. The van der Waals surface area contributed by atoms with Crippen molar-refractivity contribution in [2.45, 2.75) is 20.8 Å². The fraction of sp³-hybridized carbons (Fsp3) is 0.185. The predicted molar refractivity (Wildman–Crippen MR) is 137 cm³/mol. The molecule has 0 spiro atoms. The third kappa shape index (κ3) is 4.81. The van der Waals surface area contributed by atoms with Gasteiger partial charge in [0.1, 0.15) is 0 Å². The summed E-state index contributed by atoms with van der Waals surface area (Å²) >= 11 is 1.37. The topological polar surface area (TPSA) is 51.1 Å². The normalized spacial score (nSPS) is 16.0. The molecule has 33 heavy (non-hydrogen) atoms. The summed E-state index contributed by atoms with van der Waals surface area (Å²) in [5, 5.41) is 0.632. The molecule has 0 unspecified atom stereocenters. The van der Waals surface area contributed by atoms with Gasteiger partial charge in [-0.05, 0) is 79.6 Å². The summed E-state index contributed by atoms with van der Waals surface area (Å²) in [7, 11) is 1.61. The van der Waals surface area contributed by atoms with Gasteiger partial charge < -0.3 is 9.47 Å². The minimum absolute atomic E-state index is 0.102. The number of thioether (sulfide) groups is 1. The summed E-state index contributed by atoms with van der Waals surface area (Å²) in [6.45, 7) is 6.49. The Morgan fingerprint density at radius 1 is 0.970 bits per heavy atom.